The van der Waals surface area contributed by atoms with Crippen molar-refractivity contribution in [2.24, 2.45) is 0 Å². The zero-order valence-electron chi connectivity index (χ0n) is 17.8. The van der Waals surface area contributed by atoms with Gasteiger partial charge in [0.15, 0.2) is 0 Å². The number of rotatable bonds is 6. The van der Waals surface area contributed by atoms with Gasteiger partial charge in [0.25, 0.3) is 0 Å². The number of carbonyl (C=O) groups excluding carboxylic acids is 2. The van der Waals surface area contributed by atoms with Crippen molar-refractivity contribution in [3.05, 3.63) is 65.5 Å². The molecule has 3 aromatic rings. The Kier molecular flexibility index (Phi) is 6.40. The van der Waals surface area contributed by atoms with Crippen LogP contribution in [-0.2, 0) is 22.4 Å². The van der Waals surface area contributed by atoms with Crippen LogP contribution in [0.5, 0.6) is 0 Å². The fourth-order valence-corrected chi connectivity index (χ4v) is 3.13. The molecule has 0 saturated carbocycles. The summed E-state index contributed by atoms with van der Waals surface area (Å²) in [5.74, 6) is 0.507. The number of benzene rings is 2. The number of carbonyl (C=O) groups is 2. The number of hydrogen-bond donors (Lipinski definition) is 1. The third-order valence-corrected chi connectivity index (χ3v) is 4.47. The largest absolute Gasteiger partial charge is 0.465 e. The van der Waals surface area contributed by atoms with E-state index in [-0.39, 0.29) is 5.97 Å². The van der Waals surface area contributed by atoms with E-state index in [1.165, 1.54) is 7.11 Å². The SMILES string of the molecule is COC(=O)c1ccc(Cn2c(CCNC(=O)OC(C)(C)C)nc3ccccc32)cc1. The average molecular weight is 409 g/mol. The number of para-hydroxylation sites is 2. The molecule has 0 radical (unpaired) electrons. The Bertz CT molecular complexity index is 1030. The Hall–Kier alpha value is -3.35. The molecule has 0 saturated heterocycles. The van der Waals surface area contributed by atoms with Gasteiger partial charge in [0, 0.05) is 19.5 Å². The van der Waals surface area contributed by atoms with E-state index in [1.807, 2.05) is 57.2 Å². The summed E-state index contributed by atoms with van der Waals surface area (Å²) in [5.41, 5.74) is 2.93. The molecule has 0 aliphatic carbocycles. The maximum Gasteiger partial charge on any atom is 0.407 e. The van der Waals surface area contributed by atoms with E-state index in [9.17, 15) is 9.59 Å². The summed E-state index contributed by atoms with van der Waals surface area (Å²) in [6.45, 7) is 6.51. The molecule has 2 aromatic carbocycles. The maximum atomic E-state index is 11.9. The van der Waals surface area contributed by atoms with E-state index >= 15 is 0 Å². The van der Waals surface area contributed by atoms with Crippen LogP contribution in [-0.4, -0.2) is 40.9 Å². The van der Waals surface area contributed by atoms with Crippen molar-refractivity contribution in [3.63, 3.8) is 0 Å². The molecule has 1 aromatic heterocycles. The average Bonchev–Trinajstić information content (AvgIpc) is 3.04. The van der Waals surface area contributed by atoms with Gasteiger partial charge in [-0.1, -0.05) is 24.3 Å². The molecule has 0 bridgehead atoms. The van der Waals surface area contributed by atoms with Crippen molar-refractivity contribution in [3.8, 4) is 0 Å². The highest BCUT2D eigenvalue weighted by Gasteiger charge is 2.16. The second-order valence-electron chi connectivity index (χ2n) is 7.97. The number of imidazole rings is 1. The molecule has 0 aliphatic heterocycles. The van der Waals surface area contributed by atoms with Gasteiger partial charge in [0.1, 0.15) is 11.4 Å². The monoisotopic (exact) mass is 409 g/mol. The van der Waals surface area contributed by atoms with Crippen LogP contribution in [0.25, 0.3) is 11.0 Å². The predicted octanol–water partition coefficient (Wildman–Crippen LogP) is 3.94. The van der Waals surface area contributed by atoms with Crippen LogP contribution >= 0.6 is 0 Å². The minimum atomic E-state index is -0.534. The van der Waals surface area contributed by atoms with Crippen molar-refractivity contribution in [1.82, 2.24) is 14.9 Å². The molecular weight excluding hydrogens is 382 g/mol. The first-order valence-electron chi connectivity index (χ1n) is 9.85. The summed E-state index contributed by atoms with van der Waals surface area (Å²) < 4.78 is 12.2. The molecule has 0 unspecified atom stereocenters. The number of fused-ring (bicyclic) bond motifs is 1. The van der Waals surface area contributed by atoms with Gasteiger partial charge in [0.05, 0.1) is 23.7 Å². The molecule has 7 heteroatoms. The van der Waals surface area contributed by atoms with Crippen LogP contribution in [0.3, 0.4) is 0 Å². The summed E-state index contributed by atoms with van der Waals surface area (Å²) in [4.78, 5) is 28.3. The summed E-state index contributed by atoms with van der Waals surface area (Å²) >= 11 is 0. The van der Waals surface area contributed by atoms with Gasteiger partial charge in [-0.05, 0) is 50.6 Å². The highest BCUT2D eigenvalue weighted by atomic mass is 16.6. The molecule has 3 rings (SSSR count). The van der Waals surface area contributed by atoms with Gasteiger partial charge in [0.2, 0.25) is 0 Å². The third kappa shape index (κ3) is 5.37. The van der Waals surface area contributed by atoms with Gasteiger partial charge < -0.3 is 19.4 Å². The Morgan fingerprint density at radius 1 is 1.07 bits per heavy atom. The van der Waals surface area contributed by atoms with Crippen LogP contribution in [0.2, 0.25) is 0 Å². The lowest BCUT2D eigenvalue weighted by Crippen LogP contribution is -2.33. The summed E-state index contributed by atoms with van der Waals surface area (Å²) in [6, 6.07) is 15.2. The van der Waals surface area contributed by atoms with E-state index in [4.69, 9.17) is 14.5 Å². The van der Waals surface area contributed by atoms with Crippen LogP contribution < -0.4 is 5.32 Å². The van der Waals surface area contributed by atoms with Crippen LogP contribution in [0.4, 0.5) is 4.79 Å². The minimum Gasteiger partial charge on any atom is -0.465 e. The number of esters is 1. The third-order valence-electron chi connectivity index (χ3n) is 4.47. The fraction of sp³-hybridized carbons (Fsp3) is 0.348. The highest BCUT2D eigenvalue weighted by molar-refractivity contribution is 5.89. The van der Waals surface area contributed by atoms with Crippen molar-refractivity contribution >= 4 is 23.1 Å². The van der Waals surface area contributed by atoms with Crippen molar-refractivity contribution in [1.29, 1.82) is 0 Å². The number of aromatic nitrogens is 2. The van der Waals surface area contributed by atoms with E-state index in [1.54, 1.807) is 12.1 Å². The highest BCUT2D eigenvalue weighted by Crippen LogP contribution is 2.19. The Morgan fingerprint density at radius 3 is 2.43 bits per heavy atom. The molecule has 0 spiro atoms. The maximum absolute atomic E-state index is 11.9. The first-order chi connectivity index (χ1) is 14.3. The fourth-order valence-electron chi connectivity index (χ4n) is 3.13. The van der Waals surface area contributed by atoms with Crippen LogP contribution in [0.15, 0.2) is 48.5 Å². The molecule has 0 fully saturated rings. The molecule has 7 nitrogen and oxygen atoms in total. The van der Waals surface area contributed by atoms with E-state index in [0.717, 1.165) is 22.4 Å². The normalized spacial score (nSPS) is 11.3. The number of nitrogens with zero attached hydrogens (tertiary/aromatic N) is 2. The molecule has 1 N–H and O–H groups in total. The number of alkyl carbamates (subject to hydrolysis) is 1. The number of nitrogens with one attached hydrogen (secondary N) is 1. The zero-order chi connectivity index (χ0) is 21.7. The molecule has 0 aliphatic rings. The van der Waals surface area contributed by atoms with Crippen molar-refractivity contribution in [2.45, 2.75) is 39.3 Å². The number of ether oxygens (including phenoxy) is 2. The first kappa shape index (κ1) is 21.4. The van der Waals surface area contributed by atoms with E-state index in [0.29, 0.717) is 25.1 Å². The molecule has 1 heterocycles. The summed E-state index contributed by atoms with van der Waals surface area (Å²) in [7, 11) is 1.37. The molecule has 0 atom stereocenters. The lowest BCUT2D eigenvalue weighted by atomic mass is 10.1. The number of hydrogen-bond acceptors (Lipinski definition) is 5. The minimum absolute atomic E-state index is 0.358. The summed E-state index contributed by atoms with van der Waals surface area (Å²) in [6.07, 6.45) is 0.123. The van der Waals surface area contributed by atoms with E-state index in [2.05, 4.69) is 9.88 Å². The van der Waals surface area contributed by atoms with Crippen LogP contribution in [0.1, 0.15) is 42.5 Å². The zero-order valence-corrected chi connectivity index (χ0v) is 17.8. The molecule has 1 amide bonds. The number of methoxy groups -OCH3 is 1. The topological polar surface area (TPSA) is 82.5 Å². The van der Waals surface area contributed by atoms with Crippen molar-refractivity contribution in [2.75, 3.05) is 13.7 Å². The quantitative estimate of drug-likeness (QED) is 0.624. The van der Waals surface area contributed by atoms with E-state index < -0.39 is 11.7 Å². The smallest absolute Gasteiger partial charge is 0.407 e. The predicted molar refractivity (Wildman–Crippen MR) is 115 cm³/mol. The molecule has 158 valence electrons. The van der Waals surface area contributed by atoms with Gasteiger partial charge in [-0.25, -0.2) is 14.6 Å². The second kappa shape index (κ2) is 8.98. The lowest BCUT2D eigenvalue weighted by molar-refractivity contribution is 0.0527. The second-order valence-corrected chi connectivity index (χ2v) is 7.97. The Labute approximate surface area is 176 Å². The van der Waals surface area contributed by atoms with Gasteiger partial charge in [-0.3, -0.25) is 0 Å². The summed E-state index contributed by atoms with van der Waals surface area (Å²) in [5, 5.41) is 2.78. The molecular formula is C23H27N3O4. The Morgan fingerprint density at radius 2 is 1.77 bits per heavy atom. The lowest BCUT2D eigenvalue weighted by Gasteiger charge is -2.19. The number of amides is 1. The van der Waals surface area contributed by atoms with Gasteiger partial charge in [-0.2, -0.15) is 0 Å². The van der Waals surface area contributed by atoms with Crippen molar-refractivity contribution < 1.29 is 19.1 Å². The van der Waals surface area contributed by atoms with Crippen LogP contribution in [0, 0.1) is 0 Å². The standard InChI is InChI=1S/C23H27N3O4/c1-23(2,3)30-22(28)24-14-13-20-25-18-7-5-6-8-19(18)26(20)15-16-9-11-17(12-10-16)21(27)29-4/h5-12H,13-15H2,1-4H3,(H,24,28). The van der Waals surface area contributed by atoms with Gasteiger partial charge in [-0.15, -0.1) is 0 Å². The van der Waals surface area contributed by atoms with Gasteiger partial charge >= 0.3 is 12.1 Å². The first-order valence-corrected chi connectivity index (χ1v) is 9.85. The Balaban J connectivity index is 1.76. The molecule has 30 heavy (non-hydrogen) atoms.